The molecule has 0 atom stereocenters. The summed E-state index contributed by atoms with van der Waals surface area (Å²) in [4.78, 5) is 13.5. The van der Waals surface area contributed by atoms with Crippen LogP contribution in [0.2, 0.25) is 0 Å². The lowest BCUT2D eigenvalue weighted by Crippen LogP contribution is -2.29. The van der Waals surface area contributed by atoms with E-state index >= 15 is 0 Å². The molecule has 0 unspecified atom stereocenters. The zero-order valence-electron chi connectivity index (χ0n) is 10.4. The highest BCUT2D eigenvalue weighted by Crippen LogP contribution is 2.23. The van der Waals surface area contributed by atoms with Crippen molar-refractivity contribution < 1.29 is 4.79 Å². The lowest BCUT2D eigenvalue weighted by molar-refractivity contribution is -0.119. The maximum absolute atomic E-state index is 11.4. The first-order valence-electron chi connectivity index (χ1n) is 5.54. The van der Waals surface area contributed by atoms with Crippen LogP contribution in [0.3, 0.4) is 0 Å². The van der Waals surface area contributed by atoms with Gasteiger partial charge in [0.1, 0.15) is 5.78 Å². The second-order valence-electron chi connectivity index (χ2n) is 5.19. The van der Waals surface area contributed by atoms with E-state index in [0.29, 0.717) is 5.78 Å². The van der Waals surface area contributed by atoms with Gasteiger partial charge in [0.2, 0.25) is 0 Å². The Kier molecular flexibility index (Phi) is 6.01. The van der Waals surface area contributed by atoms with Gasteiger partial charge in [0.25, 0.3) is 0 Å². The van der Waals surface area contributed by atoms with Gasteiger partial charge in [-0.3, -0.25) is 4.79 Å². The van der Waals surface area contributed by atoms with Crippen LogP contribution >= 0.6 is 0 Å². The van der Waals surface area contributed by atoms with Gasteiger partial charge in [-0.15, -0.1) is 0 Å². The summed E-state index contributed by atoms with van der Waals surface area (Å²) in [5.74, 6) is 0.416. The molecule has 0 bridgehead atoms. The minimum atomic E-state index is 0.257. The first-order valence-corrected chi connectivity index (χ1v) is 5.54. The highest BCUT2D eigenvalue weighted by atomic mass is 16.1. The third kappa shape index (κ3) is 7.07. The summed E-state index contributed by atoms with van der Waals surface area (Å²) in [6.45, 7) is 7.56. The van der Waals surface area contributed by atoms with Gasteiger partial charge in [0, 0.05) is 19.4 Å². The van der Waals surface area contributed by atoms with Crippen LogP contribution in [-0.2, 0) is 4.79 Å². The SMILES string of the molecule is CCCC(=O)CCC(C)(C)CN(C)C. The molecule has 0 aromatic heterocycles. The van der Waals surface area contributed by atoms with E-state index in [1.54, 1.807) is 0 Å². The number of carbonyl (C=O) groups excluding carboxylic acids is 1. The fourth-order valence-corrected chi connectivity index (χ4v) is 1.82. The molecule has 84 valence electrons. The van der Waals surface area contributed by atoms with Gasteiger partial charge in [0.15, 0.2) is 0 Å². The Bertz CT molecular complexity index is 173. The molecule has 0 spiro atoms. The van der Waals surface area contributed by atoms with E-state index in [9.17, 15) is 4.79 Å². The van der Waals surface area contributed by atoms with Gasteiger partial charge in [-0.25, -0.2) is 0 Å². The Morgan fingerprint density at radius 3 is 2.21 bits per heavy atom. The fourth-order valence-electron chi connectivity index (χ4n) is 1.82. The first kappa shape index (κ1) is 13.6. The summed E-state index contributed by atoms with van der Waals surface area (Å²) >= 11 is 0. The van der Waals surface area contributed by atoms with Crippen molar-refractivity contribution in [3.05, 3.63) is 0 Å². The van der Waals surface area contributed by atoms with Crippen LogP contribution in [-0.4, -0.2) is 31.3 Å². The Morgan fingerprint density at radius 1 is 1.21 bits per heavy atom. The second kappa shape index (κ2) is 6.18. The summed E-state index contributed by atoms with van der Waals surface area (Å²) in [7, 11) is 4.16. The molecule has 0 radical (unpaired) electrons. The Balaban J connectivity index is 3.80. The van der Waals surface area contributed by atoms with E-state index in [1.807, 2.05) is 0 Å². The van der Waals surface area contributed by atoms with Gasteiger partial charge >= 0.3 is 0 Å². The van der Waals surface area contributed by atoms with E-state index < -0.39 is 0 Å². The Morgan fingerprint density at radius 2 is 1.79 bits per heavy atom. The highest BCUT2D eigenvalue weighted by molar-refractivity contribution is 5.78. The van der Waals surface area contributed by atoms with Gasteiger partial charge < -0.3 is 4.90 Å². The molecule has 0 saturated heterocycles. The molecule has 2 heteroatoms. The summed E-state index contributed by atoms with van der Waals surface area (Å²) < 4.78 is 0. The van der Waals surface area contributed by atoms with Crippen molar-refractivity contribution in [1.82, 2.24) is 4.90 Å². The second-order valence-corrected chi connectivity index (χ2v) is 5.19. The molecule has 0 aliphatic carbocycles. The third-order valence-corrected chi connectivity index (χ3v) is 2.35. The fraction of sp³-hybridized carbons (Fsp3) is 0.917. The third-order valence-electron chi connectivity index (χ3n) is 2.35. The number of carbonyl (C=O) groups is 1. The minimum absolute atomic E-state index is 0.257. The average Bonchev–Trinajstić information content (AvgIpc) is 1.99. The Hall–Kier alpha value is -0.370. The van der Waals surface area contributed by atoms with Crippen LogP contribution in [0, 0.1) is 5.41 Å². The van der Waals surface area contributed by atoms with Crippen molar-refractivity contribution in [2.45, 2.75) is 46.5 Å². The lowest BCUT2D eigenvalue weighted by Gasteiger charge is -2.27. The summed E-state index contributed by atoms with van der Waals surface area (Å²) in [6.07, 6.45) is 3.48. The van der Waals surface area contributed by atoms with Crippen molar-refractivity contribution in [1.29, 1.82) is 0 Å². The number of hydrogen-bond donors (Lipinski definition) is 0. The van der Waals surface area contributed by atoms with Crippen LogP contribution in [0.15, 0.2) is 0 Å². The van der Waals surface area contributed by atoms with E-state index in [1.165, 1.54) is 0 Å². The van der Waals surface area contributed by atoms with E-state index in [0.717, 1.165) is 32.2 Å². The zero-order chi connectivity index (χ0) is 11.2. The maximum atomic E-state index is 11.4. The van der Waals surface area contributed by atoms with Crippen LogP contribution in [0.5, 0.6) is 0 Å². The molecule has 0 aromatic carbocycles. The number of rotatable bonds is 7. The molecule has 0 rings (SSSR count). The molecule has 0 amide bonds. The number of Topliss-reactive ketones (excluding diaryl/α,β-unsaturated/α-hetero) is 1. The monoisotopic (exact) mass is 199 g/mol. The maximum Gasteiger partial charge on any atom is 0.132 e. The van der Waals surface area contributed by atoms with Crippen LogP contribution < -0.4 is 0 Å². The molecule has 0 N–H and O–H groups in total. The highest BCUT2D eigenvalue weighted by Gasteiger charge is 2.19. The summed E-state index contributed by atoms with van der Waals surface area (Å²) in [6, 6.07) is 0. The van der Waals surface area contributed by atoms with Crippen molar-refractivity contribution >= 4 is 5.78 Å². The predicted octanol–water partition coefficient (Wildman–Crippen LogP) is 2.72. The number of nitrogens with zero attached hydrogens (tertiary/aromatic N) is 1. The van der Waals surface area contributed by atoms with Gasteiger partial charge in [-0.2, -0.15) is 0 Å². The molecule has 0 fully saturated rings. The molecule has 0 heterocycles. The molecular formula is C12H25NO. The molecule has 0 aromatic rings. The van der Waals surface area contributed by atoms with Gasteiger partial charge in [0.05, 0.1) is 0 Å². The quantitative estimate of drug-likeness (QED) is 0.628. The topological polar surface area (TPSA) is 20.3 Å². The van der Waals surface area contributed by atoms with Gasteiger partial charge in [-0.05, 0) is 32.4 Å². The number of hydrogen-bond acceptors (Lipinski definition) is 2. The van der Waals surface area contributed by atoms with Crippen LogP contribution in [0.25, 0.3) is 0 Å². The summed E-state index contributed by atoms with van der Waals surface area (Å²) in [5, 5.41) is 0. The van der Waals surface area contributed by atoms with Crippen LogP contribution in [0.1, 0.15) is 46.5 Å². The standard InChI is InChI=1S/C12H25NO/c1-6-7-11(14)8-9-12(2,3)10-13(4)5/h6-10H2,1-5H3. The van der Waals surface area contributed by atoms with Crippen molar-refractivity contribution in [3.63, 3.8) is 0 Å². The molecule has 0 aliphatic heterocycles. The van der Waals surface area contributed by atoms with E-state index in [-0.39, 0.29) is 5.41 Å². The van der Waals surface area contributed by atoms with E-state index in [4.69, 9.17) is 0 Å². The van der Waals surface area contributed by atoms with Crippen molar-refractivity contribution in [3.8, 4) is 0 Å². The van der Waals surface area contributed by atoms with Crippen molar-refractivity contribution in [2.75, 3.05) is 20.6 Å². The normalized spacial score (nSPS) is 12.1. The smallest absolute Gasteiger partial charge is 0.132 e. The molecule has 0 aliphatic rings. The number of ketones is 1. The largest absolute Gasteiger partial charge is 0.309 e. The Labute approximate surface area is 88.7 Å². The van der Waals surface area contributed by atoms with Gasteiger partial charge in [-0.1, -0.05) is 20.8 Å². The first-order chi connectivity index (χ1) is 6.37. The average molecular weight is 199 g/mol. The van der Waals surface area contributed by atoms with Crippen LogP contribution in [0.4, 0.5) is 0 Å². The lowest BCUT2D eigenvalue weighted by atomic mass is 9.86. The van der Waals surface area contributed by atoms with E-state index in [2.05, 4.69) is 39.8 Å². The minimum Gasteiger partial charge on any atom is -0.309 e. The predicted molar refractivity (Wildman–Crippen MR) is 61.5 cm³/mol. The molecule has 14 heavy (non-hydrogen) atoms. The zero-order valence-corrected chi connectivity index (χ0v) is 10.4. The molecule has 2 nitrogen and oxygen atoms in total. The summed E-state index contributed by atoms with van der Waals surface area (Å²) in [5.41, 5.74) is 0.257. The molecule has 0 saturated carbocycles. The molecular weight excluding hydrogens is 174 g/mol. The van der Waals surface area contributed by atoms with Crippen molar-refractivity contribution in [2.24, 2.45) is 5.41 Å².